The van der Waals surface area contributed by atoms with Crippen molar-refractivity contribution in [3.63, 3.8) is 0 Å². The summed E-state index contributed by atoms with van der Waals surface area (Å²) in [5.74, 6) is -0.713. The highest BCUT2D eigenvalue weighted by atomic mass is 79.9. The molecule has 3 rings (SSSR count). The molecule has 0 saturated heterocycles. The van der Waals surface area contributed by atoms with Gasteiger partial charge in [-0.25, -0.2) is 4.79 Å². The van der Waals surface area contributed by atoms with Crippen LogP contribution in [-0.2, 0) is 4.74 Å². The van der Waals surface area contributed by atoms with Gasteiger partial charge in [-0.3, -0.25) is 9.78 Å². The molecule has 0 aliphatic rings. The fourth-order valence-electron chi connectivity index (χ4n) is 2.30. The number of carbonyl (C=O) groups excluding carboxylic acids is 2. The van der Waals surface area contributed by atoms with E-state index < -0.39 is 5.97 Å². The number of amides is 1. The summed E-state index contributed by atoms with van der Waals surface area (Å²) < 4.78 is 5.51. The normalized spacial score (nSPS) is 10.4. The number of halogens is 1. The lowest BCUT2D eigenvalue weighted by Gasteiger charge is -2.09. The number of ether oxygens (including phenoxy) is 1. The van der Waals surface area contributed by atoms with Crippen LogP contribution in [0.5, 0.6) is 0 Å². The number of aromatic nitrogens is 1. The molecule has 3 aromatic rings. The van der Waals surface area contributed by atoms with E-state index in [1.54, 1.807) is 36.5 Å². The van der Waals surface area contributed by atoms with Gasteiger partial charge in [0.05, 0.1) is 23.9 Å². The zero-order chi connectivity index (χ0) is 17.1. The smallest absolute Gasteiger partial charge is 0.337 e. The summed E-state index contributed by atoms with van der Waals surface area (Å²) >= 11 is 3.38. The van der Waals surface area contributed by atoms with Crippen molar-refractivity contribution in [2.75, 3.05) is 12.4 Å². The number of nitrogens with zero attached hydrogens (tertiary/aromatic N) is 1. The van der Waals surface area contributed by atoms with Crippen molar-refractivity contribution >= 4 is 44.4 Å². The lowest BCUT2D eigenvalue weighted by molar-refractivity contribution is 0.0600. The van der Waals surface area contributed by atoms with E-state index in [4.69, 9.17) is 0 Å². The van der Waals surface area contributed by atoms with Crippen LogP contribution in [0.25, 0.3) is 10.9 Å². The minimum Gasteiger partial charge on any atom is -0.465 e. The van der Waals surface area contributed by atoms with Gasteiger partial charge in [-0.05, 0) is 52.3 Å². The molecule has 2 aromatic carbocycles. The second-order valence-corrected chi connectivity index (χ2v) is 5.97. The molecule has 0 aliphatic heterocycles. The molecule has 6 heteroatoms. The quantitative estimate of drug-likeness (QED) is 0.691. The minimum absolute atomic E-state index is 0.274. The highest BCUT2D eigenvalue weighted by Gasteiger charge is 2.11. The number of rotatable bonds is 3. The molecule has 1 aromatic heterocycles. The second kappa shape index (κ2) is 6.80. The van der Waals surface area contributed by atoms with Gasteiger partial charge in [0.15, 0.2) is 0 Å². The number of hydrogen-bond donors (Lipinski definition) is 1. The first-order valence-corrected chi connectivity index (χ1v) is 7.92. The first kappa shape index (κ1) is 16.1. The predicted molar refractivity (Wildman–Crippen MR) is 95.2 cm³/mol. The molecule has 0 atom stereocenters. The molecule has 1 N–H and O–H groups in total. The topological polar surface area (TPSA) is 68.3 Å². The third kappa shape index (κ3) is 3.28. The summed E-state index contributed by atoms with van der Waals surface area (Å²) in [5.41, 5.74) is 2.17. The number of fused-ring (bicyclic) bond motifs is 1. The summed E-state index contributed by atoms with van der Waals surface area (Å²) in [7, 11) is 1.31. The number of nitrogens with one attached hydrogen (secondary N) is 1. The van der Waals surface area contributed by atoms with Crippen molar-refractivity contribution in [3.8, 4) is 0 Å². The van der Waals surface area contributed by atoms with Crippen LogP contribution in [0.2, 0.25) is 0 Å². The number of para-hydroxylation sites is 1. The molecule has 0 bridgehead atoms. The Morgan fingerprint density at radius 3 is 2.50 bits per heavy atom. The maximum Gasteiger partial charge on any atom is 0.337 e. The Morgan fingerprint density at radius 1 is 1.08 bits per heavy atom. The third-order valence-corrected chi connectivity index (χ3v) is 3.93. The van der Waals surface area contributed by atoms with Crippen molar-refractivity contribution in [1.29, 1.82) is 0 Å². The number of hydrogen-bond acceptors (Lipinski definition) is 4. The summed E-state index contributed by atoms with van der Waals surface area (Å²) in [6.07, 6.45) is 1.68. The zero-order valence-corrected chi connectivity index (χ0v) is 14.3. The predicted octanol–water partition coefficient (Wildman–Crippen LogP) is 4.04. The van der Waals surface area contributed by atoms with Gasteiger partial charge in [0.25, 0.3) is 5.91 Å². The lowest BCUT2D eigenvalue weighted by atomic mass is 10.1. The van der Waals surface area contributed by atoms with E-state index >= 15 is 0 Å². The highest BCUT2D eigenvalue weighted by Crippen LogP contribution is 2.24. The highest BCUT2D eigenvalue weighted by molar-refractivity contribution is 9.10. The van der Waals surface area contributed by atoms with Crippen LogP contribution in [0.1, 0.15) is 20.7 Å². The number of esters is 1. The van der Waals surface area contributed by atoms with Crippen LogP contribution in [0.15, 0.2) is 59.2 Å². The number of methoxy groups -OCH3 is 1. The van der Waals surface area contributed by atoms with Crippen LogP contribution < -0.4 is 5.32 Å². The van der Waals surface area contributed by atoms with E-state index in [0.717, 1.165) is 9.86 Å². The summed E-state index contributed by atoms with van der Waals surface area (Å²) in [6, 6.07) is 13.8. The van der Waals surface area contributed by atoms with Crippen molar-refractivity contribution in [2.24, 2.45) is 0 Å². The fourth-order valence-corrected chi connectivity index (χ4v) is 2.65. The molecule has 0 spiro atoms. The van der Waals surface area contributed by atoms with E-state index in [1.807, 2.05) is 18.2 Å². The molecular formula is C18H13BrN2O3. The molecule has 24 heavy (non-hydrogen) atoms. The van der Waals surface area contributed by atoms with Gasteiger partial charge >= 0.3 is 5.97 Å². The van der Waals surface area contributed by atoms with Crippen molar-refractivity contribution < 1.29 is 14.3 Å². The number of pyridine rings is 1. The SMILES string of the molecule is COC(=O)c1ccc(C(=O)Nc2cccc3cc(Br)cnc23)cc1. The van der Waals surface area contributed by atoms with Crippen LogP contribution in [0.3, 0.4) is 0 Å². The van der Waals surface area contributed by atoms with E-state index in [2.05, 4.69) is 31.0 Å². The van der Waals surface area contributed by atoms with Crippen molar-refractivity contribution in [2.45, 2.75) is 0 Å². The van der Waals surface area contributed by atoms with Crippen LogP contribution in [0.4, 0.5) is 5.69 Å². The average molecular weight is 385 g/mol. The average Bonchev–Trinajstić information content (AvgIpc) is 2.61. The number of anilines is 1. The van der Waals surface area contributed by atoms with E-state index in [-0.39, 0.29) is 5.91 Å². The van der Waals surface area contributed by atoms with Crippen molar-refractivity contribution in [1.82, 2.24) is 4.98 Å². The summed E-state index contributed by atoms with van der Waals surface area (Å²) in [6.45, 7) is 0. The molecule has 1 heterocycles. The van der Waals surface area contributed by atoms with Crippen LogP contribution >= 0.6 is 15.9 Å². The molecule has 120 valence electrons. The Kier molecular flexibility index (Phi) is 4.57. The van der Waals surface area contributed by atoms with Crippen LogP contribution in [0, 0.1) is 0 Å². The summed E-state index contributed by atoms with van der Waals surface area (Å²) in [5, 5.41) is 3.77. The first-order chi connectivity index (χ1) is 11.6. The second-order valence-electron chi connectivity index (χ2n) is 5.05. The van der Waals surface area contributed by atoms with Crippen LogP contribution in [-0.4, -0.2) is 24.0 Å². The maximum atomic E-state index is 12.4. The van der Waals surface area contributed by atoms with Gasteiger partial charge in [-0.15, -0.1) is 0 Å². The van der Waals surface area contributed by atoms with Gasteiger partial charge in [-0.2, -0.15) is 0 Å². The Hall–Kier alpha value is -2.73. The van der Waals surface area contributed by atoms with Gasteiger partial charge in [0.2, 0.25) is 0 Å². The van der Waals surface area contributed by atoms with Gasteiger partial charge < -0.3 is 10.1 Å². The largest absolute Gasteiger partial charge is 0.465 e. The molecule has 0 unspecified atom stereocenters. The monoisotopic (exact) mass is 384 g/mol. The lowest BCUT2D eigenvalue weighted by Crippen LogP contribution is -2.13. The Labute approximate surface area is 146 Å². The van der Waals surface area contributed by atoms with E-state index in [0.29, 0.717) is 22.3 Å². The van der Waals surface area contributed by atoms with E-state index in [9.17, 15) is 9.59 Å². The Morgan fingerprint density at radius 2 is 1.79 bits per heavy atom. The standard InChI is InChI=1S/C18H13BrN2O3/c1-24-18(23)12-7-5-11(6-8-12)17(22)21-15-4-2-3-13-9-14(19)10-20-16(13)15/h2-10H,1H3,(H,21,22). The maximum absolute atomic E-state index is 12.4. The third-order valence-electron chi connectivity index (χ3n) is 3.49. The Balaban J connectivity index is 1.86. The molecule has 0 fully saturated rings. The van der Waals surface area contributed by atoms with Gasteiger partial charge in [0, 0.05) is 21.6 Å². The fraction of sp³-hybridized carbons (Fsp3) is 0.0556. The minimum atomic E-state index is -0.439. The van der Waals surface area contributed by atoms with Gasteiger partial charge in [-0.1, -0.05) is 12.1 Å². The zero-order valence-electron chi connectivity index (χ0n) is 12.7. The first-order valence-electron chi connectivity index (χ1n) is 7.12. The molecule has 5 nitrogen and oxygen atoms in total. The molecule has 0 aliphatic carbocycles. The molecule has 0 radical (unpaired) electrons. The number of carbonyl (C=O) groups is 2. The molecule has 0 saturated carbocycles. The van der Waals surface area contributed by atoms with Gasteiger partial charge in [0.1, 0.15) is 0 Å². The van der Waals surface area contributed by atoms with E-state index in [1.165, 1.54) is 7.11 Å². The molecular weight excluding hydrogens is 372 g/mol. The summed E-state index contributed by atoms with van der Waals surface area (Å²) in [4.78, 5) is 28.2. The molecule has 1 amide bonds. The number of benzene rings is 2. The van der Waals surface area contributed by atoms with Crippen molar-refractivity contribution in [3.05, 3.63) is 70.3 Å². The Bertz CT molecular complexity index is 923.